The summed E-state index contributed by atoms with van der Waals surface area (Å²) in [6.45, 7) is 5.23. The molecular weight excluding hydrogens is 402 g/mol. The number of ether oxygens (including phenoxy) is 1. The average Bonchev–Trinajstić information content (AvgIpc) is 2.77. The van der Waals surface area contributed by atoms with Crippen molar-refractivity contribution in [2.75, 3.05) is 46.4 Å². The summed E-state index contributed by atoms with van der Waals surface area (Å²) in [6, 6.07) is 6.69. The van der Waals surface area contributed by atoms with Gasteiger partial charge in [-0.15, -0.1) is 0 Å². The van der Waals surface area contributed by atoms with Crippen LogP contribution in [0.4, 0.5) is 0 Å². The van der Waals surface area contributed by atoms with Gasteiger partial charge in [0.05, 0.1) is 18.1 Å². The summed E-state index contributed by atoms with van der Waals surface area (Å²) in [4.78, 5) is 7.13. The van der Waals surface area contributed by atoms with Crippen LogP contribution in [-0.4, -0.2) is 71.3 Å². The molecule has 1 aliphatic carbocycles. The molecule has 168 valence electrons. The minimum atomic E-state index is -3.65. The van der Waals surface area contributed by atoms with Crippen LogP contribution in [0.15, 0.2) is 34.2 Å². The van der Waals surface area contributed by atoms with Gasteiger partial charge in [0.15, 0.2) is 5.96 Å². The van der Waals surface area contributed by atoms with Gasteiger partial charge in [0.1, 0.15) is 0 Å². The average molecular weight is 438 g/mol. The highest BCUT2D eigenvalue weighted by molar-refractivity contribution is 7.89. The molecule has 1 aliphatic heterocycles. The van der Waals surface area contributed by atoms with Gasteiger partial charge >= 0.3 is 0 Å². The molecule has 0 atom stereocenters. The fourth-order valence-corrected chi connectivity index (χ4v) is 5.01. The van der Waals surface area contributed by atoms with Crippen molar-refractivity contribution in [1.82, 2.24) is 15.5 Å². The molecule has 0 aromatic heterocycles. The third-order valence-corrected chi connectivity index (χ3v) is 7.16. The van der Waals surface area contributed by atoms with Gasteiger partial charge in [-0.05, 0) is 37.0 Å². The van der Waals surface area contributed by atoms with Crippen LogP contribution in [0.3, 0.4) is 0 Å². The minimum Gasteiger partial charge on any atom is -0.379 e. The fraction of sp³-hybridized carbons (Fsp3) is 0.667. The summed E-state index contributed by atoms with van der Waals surface area (Å²) in [7, 11) is -1.86. The SMILES string of the molecule is CN=C(NCCc1ccc(S(N)(=O)=O)cc1)NCC1(N2CCOCC2)CCCCC1. The molecule has 1 aromatic carbocycles. The first-order valence-corrected chi connectivity index (χ1v) is 12.4. The molecule has 2 fully saturated rings. The van der Waals surface area contributed by atoms with Crippen molar-refractivity contribution in [1.29, 1.82) is 0 Å². The van der Waals surface area contributed by atoms with Crippen LogP contribution >= 0.6 is 0 Å². The maximum atomic E-state index is 11.4. The number of nitrogens with zero attached hydrogens (tertiary/aromatic N) is 2. The maximum absolute atomic E-state index is 11.4. The van der Waals surface area contributed by atoms with Gasteiger partial charge in [-0.3, -0.25) is 9.89 Å². The van der Waals surface area contributed by atoms with E-state index in [0.717, 1.165) is 50.8 Å². The number of sulfonamides is 1. The molecule has 1 saturated heterocycles. The number of aliphatic imine (C=N–C) groups is 1. The van der Waals surface area contributed by atoms with E-state index in [9.17, 15) is 8.42 Å². The first-order chi connectivity index (χ1) is 14.4. The standard InChI is InChI=1S/C21H35N5O3S/c1-23-20(24-12-9-18-5-7-19(8-6-18)30(22,27)28)25-17-21(10-3-2-4-11-21)26-13-15-29-16-14-26/h5-8H,2-4,9-17H2,1H3,(H2,22,27,28)(H2,23,24,25). The van der Waals surface area contributed by atoms with Crippen LogP contribution < -0.4 is 15.8 Å². The van der Waals surface area contributed by atoms with Crippen LogP contribution in [-0.2, 0) is 21.2 Å². The predicted octanol–water partition coefficient (Wildman–Crippen LogP) is 1.08. The van der Waals surface area contributed by atoms with E-state index in [1.807, 2.05) is 0 Å². The van der Waals surface area contributed by atoms with E-state index < -0.39 is 10.0 Å². The van der Waals surface area contributed by atoms with Crippen molar-refractivity contribution in [3.63, 3.8) is 0 Å². The molecule has 0 bridgehead atoms. The quantitative estimate of drug-likeness (QED) is 0.435. The second-order valence-electron chi connectivity index (χ2n) is 8.18. The summed E-state index contributed by atoms with van der Waals surface area (Å²) in [5, 5.41) is 12.1. The lowest BCUT2D eigenvalue weighted by molar-refractivity contribution is -0.0352. The molecule has 1 aromatic rings. The molecule has 2 aliphatic rings. The highest BCUT2D eigenvalue weighted by Crippen LogP contribution is 2.33. The molecule has 4 N–H and O–H groups in total. The van der Waals surface area contributed by atoms with Crippen molar-refractivity contribution in [3.05, 3.63) is 29.8 Å². The lowest BCUT2D eigenvalue weighted by atomic mass is 9.80. The van der Waals surface area contributed by atoms with Crippen LogP contribution in [0.1, 0.15) is 37.7 Å². The Bertz CT molecular complexity index is 798. The van der Waals surface area contributed by atoms with E-state index in [1.165, 1.54) is 32.1 Å². The molecule has 8 nitrogen and oxygen atoms in total. The van der Waals surface area contributed by atoms with Crippen molar-refractivity contribution in [2.24, 2.45) is 10.1 Å². The maximum Gasteiger partial charge on any atom is 0.238 e. The largest absolute Gasteiger partial charge is 0.379 e. The normalized spacial score (nSPS) is 20.7. The Kier molecular flexibility index (Phi) is 8.10. The van der Waals surface area contributed by atoms with Gasteiger partial charge in [0.25, 0.3) is 0 Å². The van der Waals surface area contributed by atoms with Gasteiger partial charge in [0.2, 0.25) is 10.0 Å². The second-order valence-corrected chi connectivity index (χ2v) is 9.74. The van der Waals surface area contributed by atoms with E-state index >= 15 is 0 Å². The second kappa shape index (κ2) is 10.6. The van der Waals surface area contributed by atoms with Gasteiger partial charge < -0.3 is 15.4 Å². The number of morpholine rings is 1. The van der Waals surface area contributed by atoms with Crippen molar-refractivity contribution < 1.29 is 13.2 Å². The first kappa shape index (κ1) is 23.0. The fourth-order valence-electron chi connectivity index (χ4n) is 4.49. The van der Waals surface area contributed by atoms with E-state index in [1.54, 1.807) is 31.3 Å². The van der Waals surface area contributed by atoms with Gasteiger partial charge in [-0.1, -0.05) is 31.4 Å². The third-order valence-electron chi connectivity index (χ3n) is 6.23. The number of hydrogen-bond donors (Lipinski definition) is 3. The molecule has 0 spiro atoms. The zero-order valence-electron chi connectivity index (χ0n) is 17.9. The lowest BCUT2D eigenvalue weighted by Crippen LogP contribution is -2.60. The number of benzene rings is 1. The van der Waals surface area contributed by atoms with Crippen molar-refractivity contribution in [2.45, 2.75) is 49.0 Å². The molecule has 9 heteroatoms. The summed E-state index contributed by atoms with van der Waals surface area (Å²) in [5.74, 6) is 0.800. The number of hydrogen-bond acceptors (Lipinski definition) is 5. The molecule has 0 amide bonds. The van der Waals surface area contributed by atoms with Crippen LogP contribution in [0.5, 0.6) is 0 Å². The monoisotopic (exact) mass is 437 g/mol. The van der Waals surface area contributed by atoms with Crippen molar-refractivity contribution >= 4 is 16.0 Å². The highest BCUT2D eigenvalue weighted by atomic mass is 32.2. The Labute approximate surface area is 180 Å². The molecule has 3 rings (SSSR count). The summed E-state index contributed by atoms with van der Waals surface area (Å²) in [6.07, 6.45) is 7.07. The van der Waals surface area contributed by atoms with Gasteiger partial charge in [-0.2, -0.15) is 0 Å². The lowest BCUT2D eigenvalue weighted by Gasteiger charge is -2.48. The predicted molar refractivity (Wildman–Crippen MR) is 119 cm³/mol. The summed E-state index contributed by atoms with van der Waals surface area (Å²) >= 11 is 0. The molecular formula is C21H35N5O3S. The number of guanidine groups is 1. The Balaban J connectivity index is 1.51. The molecule has 1 saturated carbocycles. The van der Waals surface area contributed by atoms with E-state index in [2.05, 4.69) is 20.5 Å². The smallest absolute Gasteiger partial charge is 0.238 e. The number of nitrogens with two attached hydrogens (primary N) is 1. The zero-order valence-corrected chi connectivity index (χ0v) is 18.7. The number of nitrogens with one attached hydrogen (secondary N) is 2. The molecule has 0 radical (unpaired) electrons. The Morgan fingerprint density at radius 3 is 2.40 bits per heavy atom. The highest BCUT2D eigenvalue weighted by Gasteiger charge is 2.38. The van der Waals surface area contributed by atoms with Gasteiger partial charge in [-0.25, -0.2) is 13.6 Å². The third kappa shape index (κ3) is 6.16. The van der Waals surface area contributed by atoms with E-state index in [4.69, 9.17) is 9.88 Å². The molecule has 0 unspecified atom stereocenters. The zero-order chi connectivity index (χ0) is 21.5. The van der Waals surface area contributed by atoms with Gasteiger partial charge in [0, 0.05) is 38.8 Å². The Morgan fingerprint density at radius 1 is 1.13 bits per heavy atom. The topological polar surface area (TPSA) is 109 Å². The number of primary sulfonamides is 1. The van der Waals surface area contributed by atoms with Crippen LogP contribution in [0.25, 0.3) is 0 Å². The summed E-state index contributed by atoms with van der Waals surface area (Å²) < 4.78 is 28.3. The number of rotatable bonds is 7. The van der Waals surface area contributed by atoms with E-state index in [0.29, 0.717) is 6.54 Å². The van der Waals surface area contributed by atoms with E-state index in [-0.39, 0.29) is 10.4 Å². The van der Waals surface area contributed by atoms with Crippen molar-refractivity contribution in [3.8, 4) is 0 Å². The molecule has 1 heterocycles. The summed E-state index contributed by atoms with van der Waals surface area (Å²) in [5.41, 5.74) is 1.23. The Hall–Kier alpha value is -1.68. The van der Waals surface area contributed by atoms with Crippen LogP contribution in [0.2, 0.25) is 0 Å². The van der Waals surface area contributed by atoms with Crippen LogP contribution in [0, 0.1) is 0 Å². The molecule has 30 heavy (non-hydrogen) atoms. The first-order valence-electron chi connectivity index (χ1n) is 10.8. The Morgan fingerprint density at radius 2 is 1.80 bits per heavy atom. The minimum absolute atomic E-state index is 0.137.